The average molecular weight is 358 g/mol. The number of nitriles is 1. The molecule has 0 aromatic heterocycles. The van der Waals surface area contributed by atoms with Crippen LogP contribution >= 0.6 is 0 Å². The number of carbonyl (C=O) groups is 1. The molecule has 1 aromatic rings. The summed E-state index contributed by atoms with van der Waals surface area (Å²) in [6, 6.07) is 8.90. The molecule has 26 heavy (non-hydrogen) atoms. The van der Waals surface area contributed by atoms with Crippen molar-refractivity contribution in [2.75, 3.05) is 37.6 Å². The molecule has 2 aliphatic rings. The Labute approximate surface area is 154 Å². The Morgan fingerprint density at radius 2 is 1.69 bits per heavy atom. The first-order valence-corrected chi connectivity index (χ1v) is 9.55. The standard InChI is InChI=1S/C20H27FN4O/c21-17-5-7-18(8-6-17)25-13-11-24(12-14-25)15-19(26)23-20(16-22)9-3-1-2-4-10-20/h5-8H,1-4,9-15H2,(H,23,26). The van der Waals surface area contributed by atoms with E-state index >= 15 is 0 Å². The molecule has 1 heterocycles. The Bertz CT molecular complexity index is 639. The SMILES string of the molecule is N#CC1(NC(=O)CN2CCN(c3ccc(F)cc3)CC2)CCCCCC1. The fraction of sp³-hybridized carbons (Fsp3) is 0.600. The van der Waals surface area contributed by atoms with Gasteiger partial charge in [-0.3, -0.25) is 9.69 Å². The number of piperazine rings is 1. The van der Waals surface area contributed by atoms with Crippen molar-refractivity contribution in [2.45, 2.75) is 44.1 Å². The molecule has 1 saturated heterocycles. The molecule has 2 fully saturated rings. The minimum Gasteiger partial charge on any atom is -0.369 e. The van der Waals surface area contributed by atoms with Crippen LogP contribution in [0, 0.1) is 17.1 Å². The number of amides is 1. The third-order valence-corrected chi connectivity index (χ3v) is 5.48. The van der Waals surface area contributed by atoms with Crippen LogP contribution in [0.5, 0.6) is 0 Å². The van der Waals surface area contributed by atoms with Crippen LogP contribution in [0.4, 0.5) is 10.1 Å². The van der Waals surface area contributed by atoms with Crippen molar-refractivity contribution in [3.63, 3.8) is 0 Å². The number of halogens is 1. The van der Waals surface area contributed by atoms with Crippen LogP contribution in [-0.2, 0) is 4.79 Å². The lowest BCUT2D eigenvalue weighted by Crippen LogP contribution is -2.53. The summed E-state index contributed by atoms with van der Waals surface area (Å²) in [5, 5.41) is 12.6. The molecule has 0 spiro atoms. The molecule has 1 aliphatic heterocycles. The molecule has 1 aromatic carbocycles. The molecule has 1 N–H and O–H groups in total. The molecule has 6 heteroatoms. The Kier molecular flexibility index (Phi) is 6.10. The number of nitrogens with zero attached hydrogens (tertiary/aromatic N) is 3. The fourth-order valence-electron chi connectivity index (χ4n) is 3.92. The van der Waals surface area contributed by atoms with Gasteiger partial charge in [0.05, 0.1) is 12.6 Å². The molecular weight excluding hydrogens is 331 g/mol. The van der Waals surface area contributed by atoms with E-state index in [1.165, 1.54) is 12.1 Å². The highest BCUT2D eigenvalue weighted by molar-refractivity contribution is 5.79. The highest BCUT2D eigenvalue weighted by Crippen LogP contribution is 2.26. The van der Waals surface area contributed by atoms with Crippen molar-refractivity contribution in [1.82, 2.24) is 10.2 Å². The molecule has 0 bridgehead atoms. The van der Waals surface area contributed by atoms with Crippen LogP contribution in [0.3, 0.4) is 0 Å². The van der Waals surface area contributed by atoms with E-state index in [-0.39, 0.29) is 11.7 Å². The van der Waals surface area contributed by atoms with Gasteiger partial charge < -0.3 is 10.2 Å². The van der Waals surface area contributed by atoms with Gasteiger partial charge in [0, 0.05) is 31.9 Å². The second kappa shape index (κ2) is 8.50. The van der Waals surface area contributed by atoms with Gasteiger partial charge in [-0.1, -0.05) is 25.7 Å². The minimum atomic E-state index is -0.677. The highest BCUT2D eigenvalue weighted by Gasteiger charge is 2.33. The zero-order valence-corrected chi connectivity index (χ0v) is 15.2. The summed E-state index contributed by atoms with van der Waals surface area (Å²) in [7, 11) is 0. The van der Waals surface area contributed by atoms with Gasteiger partial charge in [-0.2, -0.15) is 5.26 Å². The van der Waals surface area contributed by atoms with Gasteiger partial charge >= 0.3 is 0 Å². The van der Waals surface area contributed by atoms with E-state index < -0.39 is 5.54 Å². The lowest BCUT2D eigenvalue weighted by molar-refractivity contribution is -0.123. The quantitative estimate of drug-likeness (QED) is 0.841. The number of nitrogens with one attached hydrogen (secondary N) is 1. The van der Waals surface area contributed by atoms with Crippen molar-refractivity contribution in [1.29, 1.82) is 5.26 Å². The number of hydrogen-bond acceptors (Lipinski definition) is 4. The summed E-state index contributed by atoms with van der Waals surface area (Å²) in [6.07, 6.45) is 5.81. The summed E-state index contributed by atoms with van der Waals surface area (Å²) >= 11 is 0. The second-order valence-corrected chi connectivity index (χ2v) is 7.40. The van der Waals surface area contributed by atoms with Crippen LogP contribution < -0.4 is 10.2 Å². The van der Waals surface area contributed by atoms with Gasteiger partial charge in [0.1, 0.15) is 11.4 Å². The van der Waals surface area contributed by atoms with Crippen molar-refractivity contribution in [3.8, 4) is 6.07 Å². The van der Waals surface area contributed by atoms with E-state index in [1.54, 1.807) is 12.1 Å². The number of rotatable bonds is 4. The van der Waals surface area contributed by atoms with Crippen LogP contribution in [0.25, 0.3) is 0 Å². The Hall–Kier alpha value is -2.13. The highest BCUT2D eigenvalue weighted by atomic mass is 19.1. The van der Waals surface area contributed by atoms with Gasteiger partial charge in [-0.25, -0.2) is 4.39 Å². The molecule has 140 valence electrons. The van der Waals surface area contributed by atoms with Gasteiger partial charge in [0.25, 0.3) is 0 Å². The Morgan fingerprint density at radius 1 is 1.08 bits per heavy atom. The largest absolute Gasteiger partial charge is 0.369 e. The van der Waals surface area contributed by atoms with Gasteiger partial charge in [0.2, 0.25) is 5.91 Å². The van der Waals surface area contributed by atoms with Crippen LogP contribution in [-0.4, -0.2) is 49.1 Å². The lowest BCUT2D eigenvalue weighted by Gasteiger charge is -2.36. The topological polar surface area (TPSA) is 59.4 Å². The van der Waals surface area contributed by atoms with E-state index in [9.17, 15) is 14.4 Å². The number of hydrogen-bond donors (Lipinski definition) is 1. The maximum absolute atomic E-state index is 13.0. The van der Waals surface area contributed by atoms with E-state index in [0.717, 1.165) is 70.4 Å². The molecule has 1 saturated carbocycles. The number of carbonyl (C=O) groups excluding carboxylic acids is 1. The van der Waals surface area contributed by atoms with Crippen molar-refractivity contribution in [2.24, 2.45) is 0 Å². The maximum atomic E-state index is 13.0. The van der Waals surface area contributed by atoms with Crippen LogP contribution in [0.15, 0.2) is 24.3 Å². The van der Waals surface area contributed by atoms with Crippen molar-refractivity contribution >= 4 is 11.6 Å². The zero-order valence-electron chi connectivity index (χ0n) is 15.2. The molecule has 0 unspecified atom stereocenters. The van der Waals surface area contributed by atoms with Gasteiger partial charge in [-0.15, -0.1) is 0 Å². The molecule has 0 radical (unpaired) electrons. The summed E-state index contributed by atoms with van der Waals surface area (Å²) in [5.74, 6) is -0.280. The summed E-state index contributed by atoms with van der Waals surface area (Å²) < 4.78 is 13.0. The second-order valence-electron chi connectivity index (χ2n) is 7.40. The molecule has 0 atom stereocenters. The van der Waals surface area contributed by atoms with E-state index in [1.807, 2.05) is 0 Å². The average Bonchev–Trinajstić information content (AvgIpc) is 2.89. The van der Waals surface area contributed by atoms with E-state index in [2.05, 4.69) is 21.2 Å². The van der Waals surface area contributed by atoms with Crippen molar-refractivity contribution in [3.05, 3.63) is 30.1 Å². The number of anilines is 1. The monoisotopic (exact) mass is 358 g/mol. The summed E-state index contributed by atoms with van der Waals surface area (Å²) in [4.78, 5) is 16.8. The van der Waals surface area contributed by atoms with Gasteiger partial charge in [0.15, 0.2) is 0 Å². The molecule has 3 rings (SSSR count). The molecule has 5 nitrogen and oxygen atoms in total. The molecule has 1 amide bonds. The third kappa shape index (κ3) is 4.73. The van der Waals surface area contributed by atoms with E-state index in [0.29, 0.717) is 6.54 Å². The smallest absolute Gasteiger partial charge is 0.235 e. The van der Waals surface area contributed by atoms with Gasteiger partial charge in [-0.05, 0) is 37.1 Å². The normalized spacial score (nSPS) is 20.8. The number of benzene rings is 1. The first-order valence-electron chi connectivity index (χ1n) is 9.55. The van der Waals surface area contributed by atoms with Crippen LogP contribution in [0.1, 0.15) is 38.5 Å². The molecular formula is C20H27FN4O. The van der Waals surface area contributed by atoms with Crippen molar-refractivity contribution < 1.29 is 9.18 Å². The Balaban J connectivity index is 1.48. The Morgan fingerprint density at radius 3 is 2.27 bits per heavy atom. The first-order chi connectivity index (χ1) is 12.6. The maximum Gasteiger partial charge on any atom is 0.235 e. The minimum absolute atomic E-state index is 0.0521. The fourth-order valence-corrected chi connectivity index (χ4v) is 3.92. The predicted molar refractivity (Wildman–Crippen MR) is 99.2 cm³/mol. The predicted octanol–water partition coefficient (Wildman–Crippen LogP) is 2.68. The van der Waals surface area contributed by atoms with E-state index in [4.69, 9.17) is 0 Å². The third-order valence-electron chi connectivity index (χ3n) is 5.48. The first kappa shape index (κ1) is 18.7. The molecule has 1 aliphatic carbocycles. The summed E-state index contributed by atoms with van der Waals surface area (Å²) in [6.45, 7) is 3.51. The lowest BCUT2D eigenvalue weighted by atomic mass is 9.92. The van der Waals surface area contributed by atoms with Crippen LogP contribution in [0.2, 0.25) is 0 Å². The zero-order chi connectivity index (χ0) is 18.4. The summed E-state index contributed by atoms with van der Waals surface area (Å²) in [5.41, 5.74) is 0.334.